The summed E-state index contributed by atoms with van der Waals surface area (Å²) in [6.45, 7) is 2.25. The molecule has 0 aliphatic carbocycles. The van der Waals surface area contributed by atoms with Crippen LogP contribution in [0.2, 0.25) is 0 Å². The average molecular weight is 433 g/mol. The summed E-state index contributed by atoms with van der Waals surface area (Å²) in [5.41, 5.74) is 0. The van der Waals surface area contributed by atoms with E-state index in [1.54, 1.807) is 0 Å². The van der Waals surface area contributed by atoms with Crippen LogP contribution in [0.25, 0.3) is 0 Å². The second-order valence-electron chi connectivity index (χ2n) is 7.35. The minimum Gasteiger partial charge on any atom is -0.507 e. The van der Waals surface area contributed by atoms with Crippen molar-refractivity contribution >= 4 is 21.9 Å². The second-order valence-corrected chi connectivity index (χ2v) is 9.88. The summed E-state index contributed by atoms with van der Waals surface area (Å²) < 4.78 is 31.2. The van der Waals surface area contributed by atoms with Crippen molar-refractivity contribution in [2.75, 3.05) is 5.75 Å². The van der Waals surface area contributed by atoms with Gasteiger partial charge in [0.25, 0.3) is 10.1 Å². The lowest BCUT2D eigenvalue weighted by molar-refractivity contribution is 0.426. The van der Waals surface area contributed by atoms with Crippen molar-refractivity contribution in [3.63, 3.8) is 0 Å². The quantitative estimate of drug-likeness (QED) is 0.119. The van der Waals surface area contributed by atoms with Gasteiger partial charge < -0.3 is 10.2 Å². The lowest BCUT2D eigenvalue weighted by Gasteiger charge is -2.08. The van der Waals surface area contributed by atoms with Crippen LogP contribution < -0.4 is 0 Å². The van der Waals surface area contributed by atoms with Crippen LogP contribution in [0.1, 0.15) is 90.4 Å². The van der Waals surface area contributed by atoms with Gasteiger partial charge in [-0.25, -0.2) is 0 Å². The molecule has 1 rings (SSSR count). The summed E-state index contributed by atoms with van der Waals surface area (Å²) in [5, 5.41) is 19.6. The molecule has 3 N–H and O–H groups in total. The van der Waals surface area contributed by atoms with E-state index in [0.717, 1.165) is 24.7 Å². The fraction of sp³-hybridized carbons (Fsp3) is 0.714. The zero-order valence-corrected chi connectivity index (χ0v) is 18.7. The molecule has 0 atom stereocenters. The molecule has 7 heteroatoms. The van der Waals surface area contributed by atoms with Gasteiger partial charge in [-0.15, -0.1) is 11.8 Å². The highest BCUT2D eigenvalue weighted by Gasteiger charge is 2.18. The number of benzene rings is 1. The molecule has 0 amide bonds. The topological polar surface area (TPSA) is 94.8 Å². The minimum atomic E-state index is -4.54. The zero-order chi connectivity index (χ0) is 20.8. The molecule has 0 saturated carbocycles. The first-order valence-electron chi connectivity index (χ1n) is 10.5. The van der Waals surface area contributed by atoms with Crippen molar-refractivity contribution in [1.29, 1.82) is 0 Å². The minimum absolute atomic E-state index is 0.245. The molecular weight excluding hydrogens is 396 g/mol. The Morgan fingerprint density at radius 2 is 1.21 bits per heavy atom. The molecule has 0 unspecified atom stereocenters. The normalized spacial score (nSPS) is 11.8. The van der Waals surface area contributed by atoms with Crippen LogP contribution >= 0.6 is 11.8 Å². The summed E-state index contributed by atoms with van der Waals surface area (Å²) in [5.74, 6) is -0.00558. The van der Waals surface area contributed by atoms with Crippen molar-refractivity contribution in [2.24, 2.45) is 0 Å². The Morgan fingerprint density at radius 1 is 0.750 bits per heavy atom. The summed E-state index contributed by atoms with van der Waals surface area (Å²) >= 11 is 1.38. The molecule has 0 heterocycles. The highest BCUT2D eigenvalue weighted by Crippen LogP contribution is 2.36. The van der Waals surface area contributed by atoms with Gasteiger partial charge >= 0.3 is 0 Å². The second kappa shape index (κ2) is 14.1. The molecule has 0 aromatic heterocycles. The molecule has 0 spiro atoms. The van der Waals surface area contributed by atoms with Crippen LogP contribution in [-0.2, 0) is 10.1 Å². The Bertz CT molecular complexity index is 659. The van der Waals surface area contributed by atoms with E-state index < -0.39 is 20.8 Å². The predicted octanol–water partition coefficient (Wildman–Crippen LogP) is 6.53. The Labute approximate surface area is 174 Å². The van der Waals surface area contributed by atoms with Crippen molar-refractivity contribution in [1.82, 2.24) is 0 Å². The van der Waals surface area contributed by atoms with E-state index in [9.17, 15) is 18.6 Å². The molecule has 0 bridgehead atoms. The SMILES string of the molecule is CCCCCCCCCCCCCCCSc1cc(O)c(S(=O)(=O)O)cc1O. The van der Waals surface area contributed by atoms with Crippen molar-refractivity contribution in [3.8, 4) is 11.5 Å². The maximum Gasteiger partial charge on any atom is 0.298 e. The van der Waals surface area contributed by atoms with Gasteiger partial charge in [-0.1, -0.05) is 84.0 Å². The molecule has 0 aliphatic rings. The Hall–Kier alpha value is -0.920. The van der Waals surface area contributed by atoms with Gasteiger partial charge in [-0.05, 0) is 18.2 Å². The van der Waals surface area contributed by atoms with Crippen LogP contribution in [0, 0.1) is 0 Å². The number of rotatable bonds is 16. The van der Waals surface area contributed by atoms with Gasteiger partial charge in [0.15, 0.2) is 0 Å². The summed E-state index contributed by atoms with van der Waals surface area (Å²) in [4.78, 5) is -0.251. The van der Waals surface area contributed by atoms with Gasteiger partial charge in [-0.3, -0.25) is 4.55 Å². The highest BCUT2D eigenvalue weighted by molar-refractivity contribution is 7.99. The van der Waals surface area contributed by atoms with E-state index in [1.807, 2.05) is 0 Å². The van der Waals surface area contributed by atoms with Crippen LogP contribution in [0.4, 0.5) is 0 Å². The number of unbranched alkanes of at least 4 members (excludes halogenated alkanes) is 12. The molecule has 0 fully saturated rings. The van der Waals surface area contributed by atoms with E-state index in [0.29, 0.717) is 4.90 Å². The van der Waals surface area contributed by atoms with E-state index in [1.165, 1.54) is 88.5 Å². The van der Waals surface area contributed by atoms with Gasteiger partial charge in [0.2, 0.25) is 0 Å². The lowest BCUT2D eigenvalue weighted by Crippen LogP contribution is -1.98. The maximum absolute atomic E-state index is 11.1. The largest absolute Gasteiger partial charge is 0.507 e. The molecule has 0 radical (unpaired) electrons. The fourth-order valence-electron chi connectivity index (χ4n) is 3.16. The Balaban J connectivity index is 2.07. The number of thioether (sulfide) groups is 1. The third-order valence-electron chi connectivity index (χ3n) is 4.82. The monoisotopic (exact) mass is 432 g/mol. The number of aromatic hydroxyl groups is 2. The Kier molecular flexibility index (Phi) is 12.7. The fourth-order valence-corrected chi connectivity index (χ4v) is 4.72. The van der Waals surface area contributed by atoms with Gasteiger partial charge in [-0.2, -0.15) is 8.42 Å². The maximum atomic E-state index is 11.1. The standard InChI is InChI=1S/C21H36O5S2/c1-2-3-4-5-6-7-8-9-10-11-12-13-14-15-27-20-16-19(23)21(17-18(20)22)28(24,25)26/h16-17,22-23H,2-15H2,1H3,(H,24,25,26). The number of hydrogen-bond donors (Lipinski definition) is 3. The first kappa shape index (κ1) is 25.1. The predicted molar refractivity (Wildman–Crippen MR) is 116 cm³/mol. The van der Waals surface area contributed by atoms with E-state index in [2.05, 4.69) is 6.92 Å². The summed E-state index contributed by atoms with van der Waals surface area (Å²) in [6, 6.07) is 2.07. The van der Waals surface area contributed by atoms with Crippen molar-refractivity contribution in [2.45, 2.75) is 100 Å². The molecule has 0 aliphatic heterocycles. The van der Waals surface area contributed by atoms with Crippen LogP contribution in [0.3, 0.4) is 0 Å². The number of hydrogen-bond acceptors (Lipinski definition) is 5. The molecule has 1 aromatic rings. The van der Waals surface area contributed by atoms with Crippen LogP contribution in [0.15, 0.2) is 21.9 Å². The number of phenolic OH excluding ortho intramolecular Hbond substituents is 2. The molecule has 1 aromatic carbocycles. The Morgan fingerprint density at radius 3 is 1.68 bits per heavy atom. The first-order chi connectivity index (χ1) is 13.4. The smallest absolute Gasteiger partial charge is 0.298 e. The molecular formula is C21H36O5S2. The van der Waals surface area contributed by atoms with E-state index in [4.69, 9.17) is 4.55 Å². The lowest BCUT2D eigenvalue weighted by atomic mass is 10.1. The first-order valence-corrected chi connectivity index (χ1v) is 12.9. The van der Waals surface area contributed by atoms with Gasteiger partial charge in [0.05, 0.1) is 4.90 Å². The molecule has 0 saturated heterocycles. The zero-order valence-electron chi connectivity index (χ0n) is 17.0. The third-order valence-corrected chi connectivity index (χ3v) is 6.84. The van der Waals surface area contributed by atoms with Crippen molar-refractivity contribution < 1.29 is 23.2 Å². The van der Waals surface area contributed by atoms with Gasteiger partial charge in [0.1, 0.15) is 16.4 Å². The highest BCUT2D eigenvalue weighted by atomic mass is 32.2. The molecule has 162 valence electrons. The van der Waals surface area contributed by atoms with E-state index in [-0.39, 0.29) is 5.75 Å². The third kappa shape index (κ3) is 10.6. The average Bonchev–Trinajstić information content (AvgIpc) is 2.63. The van der Waals surface area contributed by atoms with Crippen LogP contribution in [0.5, 0.6) is 11.5 Å². The molecule has 28 heavy (non-hydrogen) atoms. The summed E-state index contributed by atoms with van der Waals surface area (Å²) in [7, 11) is -4.54. The van der Waals surface area contributed by atoms with Gasteiger partial charge in [0, 0.05) is 6.07 Å². The van der Waals surface area contributed by atoms with Crippen molar-refractivity contribution in [3.05, 3.63) is 12.1 Å². The van der Waals surface area contributed by atoms with Crippen LogP contribution in [-0.4, -0.2) is 28.9 Å². The summed E-state index contributed by atoms with van der Waals surface area (Å²) in [6.07, 6.45) is 16.8. The van der Waals surface area contributed by atoms with E-state index >= 15 is 0 Å². The number of phenols is 2. The molecule has 5 nitrogen and oxygen atoms in total.